The van der Waals surface area contributed by atoms with Gasteiger partial charge >= 0.3 is 12.0 Å². The van der Waals surface area contributed by atoms with Crippen LogP contribution in [0.1, 0.15) is 38.3 Å². The Kier molecular flexibility index (Phi) is 4.98. The molecule has 0 saturated heterocycles. The molecule has 0 aliphatic carbocycles. The van der Waals surface area contributed by atoms with Crippen molar-refractivity contribution in [2.75, 3.05) is 6.61 Å². The molecule has 1 aromatic rings. The minimum absolute atomic E-state index is 0.291. The summed E-state index contributed by atoms with van der Waals surface area (Å²) in [6, 6.07) is 8.67. The Morgan fingerprint density at radius 3 is 2.57 bits per heavy atom. The second-order valence-electron chi connectivity index (χ2n) is 4.80. The molecule has 1 atom stereocenters. The van der Waals surface area contributed by atoms with Crippen molar-refractivity contribution in [1.82, 2.24) is 10.6 Å². The van der Waals surface area contributed by atoms with E-state index in [4.69, 9.17) is 4.74 Å². The third kappa shape index (κ3) is 3.42. The third-order valence-corrected chi connectivity index (χ3v) is 3.28. The highest BCUT2D eigenvalue weighted by molar-refractivity contribution is 5.95. The van der Waals surface area contributed by atoms with Crippen LogP contribution in [0.25, 0.3) is 0 Å². The van der Waals surface area contributed by atoms with Gasteiger partial charge in [-0.05, 0) is 18.9 Å². The number of esters is 1. The molecule has 0 fully saturated rings. The van der Waals surface area contributed by atoms with Gasteiger partial charge in [-0.2, -0.15) is 0 Å². The molecular weight excluding hydrogens is 268 g/mol. The molecule has 21 heavy (non-hydrogen) atoms. The predicted octanol–water partition coefficient (Wildman–Crippen LogP) is 2.66. The fraction of sp³-hybridized carbons (Fsp3) is 0.375. The molecule has 2 amide bonds. The summed E-state index contributed by atoms with van der Waals surface area (Å²) in [5.74, 6) is -0.387. The molecule has 1 aliphatic heterocycles. The Balaban J connectivity index is 2.46. The number of nitrogens with one attached hydrogen (secondary N) is 2. The SMILES string of the molecule is CCCC1=C(C(=O)OCC)C(c2ccccc2)NC(=O)N1. The van der Waals surface area contributed by atoms with Crippen molar-refractivity contribution in [3.05, 3.63) is 47.2 Å². The average Bonchev–Trinajstić information content (AvgIpc) is 2.48. The van der Waals surface area contributed by atoms with Crippen LogP contribution >= 0.6 is 0 Å². The van der Waals surface area contributed by atoms with Gasteiger partial charge in [0.25, 0.3) is 0 Å². The predicted molar refractivity (Wildman–Crippen MR) is 79.4 cm³/mol. The summed E-state index contributed by atoms with van der Waals surface area (Å²) in [6.07, 6.45) is 1.46. The van der Waals surface area contributed by atoms with E-state index in [1.807, 2.05) is 37.3 Å². The van der Waals surface area contributed by atoms with Gasteiger partial charge in [-0.25, -0.2) is 9.59 Å². The van der Waals surface area contributed by atoms with E-state index >= 15 is 0 Å². The summed E-state index contributed by atoms with van der Waals surface area (Å²) in [6.45, 7) is 4.07. The standard InChI is InChI=1S/C16H20N2O3/c1-3-8-12-13(15(19)21-4-2)14(18-16(20)17-12)11-9-6-5-7-10-11/h5-7,9-10,14H,3-4,8H2,1-2H3,(H2,17,18,20). The number of carbonyl (C=O) groups excluding carboxylic acids is 2. The Morgan fingerprint density at radius 1 is 1.24 bits per heavy atom. The molecule has 1 aromatic carbocycles. The number of ether oxygens (including phenoxy) is 1. The van der Waals surface area contributed by atoms with Gasteiger partial charge < -0.3 is 15.4 Å². The molecule has 1 unspecified atom stereocenters. The number of carbonyl (C=O) groups is 2. The maximum Gasteiger partial charge on any atom is 0.338 e. The van der Waals surface area contributed by atoms with Crippen molar-refractivity contribution in [1.29, 1.82) is 0 Å². The van der Waals surface area contributed by atoms with E-state index in [2.05, 4.69) is 10.6 Å². The van der Waals surface area contributed by atoms with E-state index < -0.39 is 6.04 Å². The number of amides is 2. The van der Waals surface area contributed by atoms with Crippen molar-refractivity contribution in [2.45, 2.75) is 32.7 Å². The van der Waals surface area contributed by atoms with Crippen molar-refractivity contribution < 1.29 is 14.3 Å². The van der Waals surface area contributed by atoms with Crippen LogP contribution in [0.15, 0.2) is 41.6 Å². The molecule has 0 bridgehead atoms. The lowest BCUT2D eigenvalue weighted by molar-refractivity contribution is -0.139. The number of rotatable bonds is 5. The number of benzene rings is 1. The van der Waals surface area contributed by atoms with Gasteiger partial charge in [0, 0.05) is 5.70 Å². The molecule has 0 radical (unpaired) electrons. The zero-order chi connectivity index (χ0) is 15.2. The van der Waals surface area contributed by atoms with Crippen LogP contribution in [0.5, 0.6) is 0 Å². The molecule has 1 aliphatic rings. The fourth-order valence-corrected chi connectivity index (χ4v) is 2.41. The first-order chi connectivity index (χ1) is 10.2. The van der Waals surface area contributed by atoms with Crippen LogP contribution in [-0.2, 0) is 9.53 Å². The third-order valence-electron chi connectivity index (χ3n) is 3.28. The van der Waals surface area contributed by atoms with Gasteiger partial charge in [-0.1, -0.05) is 43.7 Å². The van der Waals surface area contributed by atoms with Gasteiger partial charge in [0.05, 0.1) is 18.2 Å². The first-order valence-corrected chi connectivity index (χ1v) is 7.20. The maximum atomic E-state index is 12.3. The Morgan fingerprint density at radius 2 is 1.95 bits per heavy atom. The lowest BCUT2D eigenvalue weighted by Crippen LogP contribution is -2.46. The minimum Gasteiger partial charge on any atom is -0.463 e. The van der Waals surface area contributed by atoms with E-state index in [0.29, 0.717) is 24.3 Å². The molecule has 5 heteroatoms. The molecule has 0 spiro atoms. The zero-order valence-electron chi connectivity index (χ0n) is 12.3. The van der Waals surface area contributed by atoms with Gasteiger partial charge in [0.15, 0.2) is 0 Å². The lowest BCUT2D eigenvalue weighted by atomic mass is 9.94. The summed E-state index contributed by atoms with van der Waals surface area (Å²) in [7, 11) is 0. The van der Waals surface area contributed by atoms with Gasteiger partial charge in [-0.3, -0.25) is 0 Å². The lowest BCUT2D eigenvalue weighted by Gasteiger charge is -2.29. The van der Waals surface area contributed by atoms with Crippen LogP contribution in [0.2, 0.25) is 0 Å². The molecule has 5 nitrogen and oxygen atoms in total. The fourth-order valence-electron chi connectivity index (χ4n) is 2.41. The molecule has 2 N–H and O–H groups in total. The summed E-state index contributed by atoms with van der Waals surface area (Å²) in [5.41, 5.74) is 2.00. The number of allylic oxidation sites excluding steroid dienone is 1. The topological polar surface area (TPSA) is 67.4 Å². The normalized spacial score (nSPS) is 18.0. The average molecular weight is 288 g/mol. The number of hydrogen-bond acceptors (Lipinski definition) is 3. The van der Waals surface area contributed by atoms with Crippen molar-refractivity contribution >= 4 is 12.0 Å². The van der Waals surface area contributed by atoms with Crippen molar-refractivity contribution in [2.24, 2.45) is 0 Å². The maximum absolute atomic E-state index is 12.3. The second kappa shape index (κ2) is 6.92. The second-order valence-corrected chi connectivity index (χ2v) is 4.80. The van der Waals surface area contributed by atoms with Gasteiger partial charge in [-0.15, -0.1) is 0 Å². The molecule has 0 aromatic heterocycles. The molecule has 2 rings (SSSR count). The Bertz CT molecular complexity index is 552. The molecule has 1 heterocycles. The summed E-state index contributed by atoms with van der Waals surface area (Å²) in [4.78, 5) is 24.2. The highest BCUT2D eigenvalue weighted by Crippen LogP contribution is 2.29. The first kappa shape index (κ1) is 15.1. The number of hydrogen-bond donors (Lipinski definition) is 2. The Labute approximate surface area is 124 Å². The largest absolute Gasteiger partial charge is 0.463 e. The van der Waals surface area contributed by atoms with Crippen molar-refractivity contribution in [3.8, 4) is 0 Å². The van der Waals surface area contributed by atoms with E-state index in [0.717, 1.165) is 12.0 Å². The highest BCUT2D eigenvalue weighted by Gasteiger charge is 2.33. The van der Waals surface area contributed by atoms with E-state index in [1.54, 1.807) is 6.92 Å². The van der Waals surface area contributed by atoms with Crippen LogP contribution in [0, 0.1) is 0 Å². The summed E-state index contributed by atoms with van der Waals surface area (Å²) in [5, 5.41) is 5.54. The quantitative estimate of drug-likeness (QED) is 0.818. The summed E-state index contributed by atoms with van der Waals surface area (Å²) >= 11 is 0. The zero-order valence-corrected chi connectivity index (χ0v) is 12.3. The smallest absolute Gasteiger partial charge is 0.338 e. The van der Waals surface area contributed by atoms with Crippen LogP contribution in [-0.4, -0.2) is 18.6 Å². The van der Waals surface area contributed by atoms with Crippen molar-refractivity contribution in [3.63, 3.8) is 0 Å². The Hall–Kier alpha value is -2.30. The monoisotopic (exact) mass is 288 g/mol. The van der Waals surface area contributed by atoms with Gasteiger partial charge in [0.2, 0.25) is 0 Å². The van der Waals surface area contributed by atoms with Crippen LogP contribution in [0.4, 0.5) is 4.79 Å². The first-order valence-electron chi connectivity index (χ1n) is 7.20. The number of urea groups is 1. The van der Waals surface area contributed by atoms with Crippen LogP contribution in [0.3, 0.4) is 0 Å². The molecule has 0 saturated carbocycles. The minimum atomic E-state index is -0.472. The van der Waals surface area contributed by atoms with E-state index in [9.17, 15) is 9.59 Å². The summed E-state index contributed by atoms with van der Waals surface area (Å²) < 4.78 is 5.16. The van der Waals surface area contributed by atoms with E-state index in [1.165, 1.54) is 0 Å². The van der Waals surface area contributed by atoms with Crippen LogP contribution < -0.4 is 10.6 Å². The molecule has 112 valence electrons. The highest BCUT2D eigenvalue weighted by atomic mass is 16.5. The molecular formula is C16H20N2O3. The van der Waals surface area contributed by atoms with Gasteiger partial charge in [0.1, 0.15) is 0 Å². The van der Waals surface area contributed by atoms with E-state index in [-0.39, 0.29) is 12.0 Å².